The predicted molar refractivity (Wildman–Crippen MR) is 78.8 cm³/mol. The molecule has 0 atom stereocenters. The average Bonchev–Trinajstić information content (AvgIpc) is 2.37. The second-order valence-electron chi connectivity index (χ2n) is 5.38. The molecule has 0 aliphatic carbocycles. The highest BCUT2D eigenvalue weighted by molar-refractivity contribution is 6.31. The third-order valence-electron chi connectivity index (χ3n) is 3.32. The number of rotatable bonds is 4. The molecule has 0 spiro atoms. The van der Waals surface area contributed by atoms with Crippen molar-refractivity contribution in [3.63, 3.8) is 0 Å². The van der Waals surface area contributed by atoms with E-state index in [4.69, 9.17) is 21.4 Å². The Labute approximate surface area is 127 Å². The summed E-state index contributed by atoms with van der Waals surface area (Å²) >= 11 is 5.90. The number of hydrogen-bond donors (Lipinski definition) is 2. The highest BCUT2D eigenvalue weighted by Crippen LogP contribution is 2.26. The van der Waals surface area contributed by atoms with Crippen LogP contribution in [0.25, 0.3) is 0 Å². The Morgan fingerprint density at radius 3 is 2.76 bits per heavy atom. The van der Waals surface area contributed by atoms with Crippen LogP contribution in [-0.2, 0) is 9.53 Å². The molecule has 6 nitrogen and oxygen atoms in total. The summed E-state index contributed by atoms with van der Waals surface area (Å²) in [6, 6.07) is 5.02. The fourth-order valence-corrected chi connectivity index (χ4v) is 2.33. The fourth-order valence-electron chi connectivity index (χ4n) is 2.16. The molecule has 2 amide bonds. The maximum atomic E-state index is 12.1. The van der Waals surface area contributed by atoms with Crippen LogP contribution >= 0.6 is 11.6 Å². The summed E-state index contributed by atoms with van der Waals surface area (Å²) in [7, 11) is 0. The van der Waals surface area contributed by atoms with Crippen LogP contribution in [0.2, 0.25) is 5.02 Å². The quantitative estimate of drug-likeness (QED) is 0.894. The predicted octanol–water partition coefficient (Wildman–Crippen LogP) is 2.36. The lowest BCUT2D eigenvalue weighted by Gasteiger charge is -2.46. The Hall–Kier alpha value is -1.79. The zero-order valence-corrected chi connectivity index (χ0v) is 12.6. The maximum Gasteiger partial charge on any atom is 0.329 e. The molecule has 1 aromatic carbocycles. The number of carbonyl (C=O) groups excluding carboxylic acids is 1. The number of benzene rings is 1. The van der Waals surface area contributed by atoms with Crippen molar-refractivity contribution in [2.24, 2.45) is 0 Å². The number of likely N-dealkylation sites (tertiary alicyclic amines) is 1. The van der Waals surface area contributed by atoms with Gasteiger partial charge in [-0.3, -0.25) is 0 Å². The van der Waals surface area contributed by atoms with Gasteiger partial charge in [-0.15, -0.1) is 0 Å². The van der Waals surface area contributed by atoms with Gasteiger partial charge in [0.05, 0.1) is 13.1 Å². The molecule has 7 heteroatoms. The van der Waals surface area contributed by atoms with Crippen molar-refractivity contribution in [2.75, 3.05) is 25.0 Å². The topological polar surface area (TPSA) is 78.9 Å². The number of halogens is 1. The van der Waals surface area contributed by atoms with Gasteiger partial charge in [-0.1, -0.05) is 17.7 Å². The summed E-state index contributed by atoms with van der Waals surface area (Å²) in [5.74, 6) is -1.02. The lowest BCUT2D eigenvalue weighted by molar-refractivity contribution is -0.159. The number of amides is 2. The van der Waals surface area contributed by atoms with Crippen molar-refractivity contribution >= 4 is 29.3 Å². The number of carbonyl (C=O) groups is 2. The number of aryl methyl sites for hydroxylation is 1. The minimum absolute atomic E-state index is 0.253. The minimum Gasteiger partial charge on any atom is -0.480 e. The van der Waals surface area contributed by atoms with Crippen LogP contribution in [0.1, 0.15) is 12.5 Å². The first-order valence-electron chi connectivity index (χ1n) is 6.47. The van der Waals surface area contributed by atoms with Crippen LogP contribution in [0.5, 0.6) is 0 Å². The molecular formula is C14H17ClN2O4. The van der Waals surface area contributed by atoms with Crippen LogP contribution in [0, 0.1) is 6.92 Å². The molecule has 2 N–H and O–H groups in total. The third kappa shape index (κ3) is 3.86. The van der Waals surface area contributed by atoms with Crippen molar-refractivity contribution in [1.82, 2.24) is 4.90 Å². The van der Waals surface area contributed by atoms with Gasteiger partial charge in [0.15, 0.2) is 0 Å². The smallest absolute Gasteiger partial charge is 0.329 e. The molecule has 1 aliphatic heterocycles. The number of anilines is 1. The van der Waals surface area contributed by atoms with E-state index in [2.05, 4.69) is 5.32 Å². The first kappa shape index (κ1) is 15.6. The summed E-state index contributed by atoms with van der Waals surface area (Å²) in [5.41, 5.74) is 0.977. The van der Waals surface area contributed by atoms with Gasteiger partial charge in [0, 0.05) is 10.7 Å². The standard InChI is InChI=1S/C14H17ClN2O4/c1-9-3-4-10(15)5-11(9)16-13(20)17-7-14(2,8-17)21-6-12(18)19/h3-5H,6-8H2,1-2H3,(H,16,20)(H,18,19). The van der Waals surface area contributed by atoms with Crippen LogP contribution < -0.4 is 5.32 Å². The van der Waals surface area contributed by atoms with Gasteiger partial charge in [0.2, 0.25) is 0 Å². The van der Waals surface area contributed by atoms with E-state index in [1.54, 1.807) is 24.0 Å². The maximum absolute atomic E-state index is 12.1. The Balaban J connectivity index is 1.89. The normalized spacial score (nSPS) is 16.2. The number of urea groups is 1. The second-order valence-corrected chi connectivity index (χ2v) is 5.81. The summed E-state index contributed by atoms with van der Waals surface area (Å²) in [4.78, 5) is 24.1. The number of hydrogen-bond acceptors (Lipinski definition) is 3. The van der Waals surface area contributed by atoms with Crippen molar-refractivity contribution < 1.29 is 19.4 Å². The Morgan fingerprint density at radius 1 is 1.48 bits per heavy atom. The molecule has 1 saturated heterocycles. The van der Waals surface area contributed by atoms with Gasteiger partial charge in [0.1, 0.15) is 12.2 Å². The Kier molecular flexibility index (Phi) is 4.39. The zero-order valence-electron chi connectivity index (χ0n) is 11.9. The molecule has 0 saturated carbocycles. The molecule has 21 heavy (non-hydrogen) atoms. The lowest BCUT2D eigenvalue weighted by Crippen LogP contribution is -2.64. The molecule has 1 heterocycles. The number of nitrogens with zero attached hydrogens (tertiary/aromatic N) is 1. The zero-order chi connectivity index (χ0) is 15.6. The van der Waals surface area contributed by atoms with Crippen molar-refractivity contribution in [3.05, 3.63) is 28.8 Å². The van der Waals surface area contributed by atoms with Gasteiger partial charge >= 0.3 is 12.0 Å². The highest BCUT2D eigenvalue weighted by atomic mass is 35.5. The fraction of sp³-hybridized carbons (Fsp3) is 0.429. The average molecular weight is 313 g/mol. The van der Waals surface area contributed by atoms with Gasteiger partial charge in [-0.25, -0.2) is 9.59 Å². The molecule has 0 unspecified atom stereocenters. The Bertz CT molecular complexity index is 570. The summed E-state index contributed by atoms with van der Waals surface area (Å²) in [6.45, 7) is 4.00. The van der Waals surface area contributed by atoms with Crippen LogP contribution in [-0.4, -0.2) is 47.3 Å². The van der Waals surface area contributed by atoms with Crippen LogP contribution in [0.3, 0.4) is 0 Å². The summed E-state index contributed by atoms with van der Waals surface area (Å²) in [5, 5.41) is 11.9. The van der Waals surface area contributed by atoms with E-state index in [0.717, 1.165) is 5.56 Å². The molecule has 0 bridgehead atoms. The van der Waals surface area contributed by atoms with Gasteiger partial charge < -0.3 is 20.1 Å². The molecule has 1 aliphatic rings. The largest absolute Gasteiger partial charge is 0.480 e. The number of carboxylic acid groups (broad SMARTS) is 1. The van der Waals surface area contributed by atoms with E-state index in [0.29, 0.717) is 23.8 Å². The van der Waals surface area contributed by atoms with Crippen molar-refractivity contribution in [1.29, 1.82) is 0 Å². The number of aliphatic carboxylic acids is 1. The molecule has 0 aromatic heterocycles. The van der Waals surface area contributed by atoms with E-state index < -0.39 is 11.6 Å². The number of ether oxygens (including phenoxy) is 1. The lowest BCUT2D eigenvalue weighted by atomic mass is 9.97. The second kappa shape index (κ2) is 5.91. The number of carboxylic acids is 1. The van der Waals surface area contributed by atoms with Crippen LogP contribution in [0.15, 0.2) is 18.2 Å². The van der Waals surface area contributed by atoms with E-state index in [1.807, 2.05) is 13.0 Å². The Morgan fingerprint density at radius 2 is 2.14 bits per heavy atom. The molecular weight excluding hydrogens is 296 g/mol. The van der Waals surface area contributed by atoms with Gasteiger partial charge in [0.25, 0.3) is 0 Å². The van der Waals surface area contributed by atoms with E-state index in [-0.39, 0.29) is 12.6 Å². The van der Waals surface area contributed by atoms with E-state index in [1.165, 1.54) is 0 Å². The highest BCUT2D eigenvalue weighted by Gasteiger charge is 2.42. The van der Waals surface area contributed by atoms with Crippen molar-refractivity contribution in [3.8, 4) is 0 Å². The SMILES string of the molecule is Cc1ccc(Cl)cc1NC(=O)N1CC(C)(OCC(=O)O)C1. The molecule has 1 aromatic rings. The first-order chi connectivity index (χ1) is 9.79. The summed E-state index contributed by atoms with van der Waals surface area (Å²) in [6.07, 6.45) is 0. The van der Waals surface area contributed by atoms with E-state index in [9.17, 15) is 9.59 Å². The minimum atomic E-state index is -1.02. The van der Waals surface area contributed by atoms with Crippen molar-refractivity contribution in [2.45, 2.75) is 19.4 Å². The molecule has 114 valence electrons. The molecule has 0 radical (unpaired) electrons. The van der Waals surface area contributed by atoms with Gasteiger partial charge in [-0.2, -0.15) is 0 Å². The van der Waals surface area contributed by atoms with Crippen LogP contribution in [0.4, 0.5) is 10.5 Å². The third-order valence-corrected chi connectivity index (χ3v) is 3.56. The van der Waals surface area contributed by atoms with E-state index >= 15 is 0 Å². The monoisotopic (exact) mass is 312 g/mol. The molecule has 2 rings (SSSR count). The molecule has 1 fully saturated rings. The first-order valence-corrected chi connectivity index (χ1v) is 6.85. The number of nitrogens with one attached hydrogen (secondary N) is 1. The summed E-state index contributed by atoms with van der Waals surface area (Å²) < 4.78 is 5.26. The van der Waals surface area contributed by atoms with Gasteiger partial charge in [-0.05, 0) is 31.5 Å².